The second kappa shape index (κ2) is 47.2. The molecule has 3 unspecified atom stereocenters. The van der Waals surface area contributed by atoms with Crippen LogP contribution in [-0.4, -0.2) is 182 Å². The van der Waals surface area contributed by atoms with Crippen molar-refractivity contribution in [2.45, 2.75) is 118 Å². The summed E-state index contributed by atoms with van der Waals surface area (Å²) in [5, 5.41) is 17.2. The fraction of sp³-hybridized carbons (Fsp3) is 0.442. The summed E-state index contributed by atoms with van der Waals surface area (Å²) in [7, 11) is -7.37. The normalized spacial score (nSPS) is 16.6. The Balaban J connectivity index is 0.000000188. The van der Waals surface area contributed by atoms with Crippen LogP contribution in [0.15, 0.2) is 109 Å². The molecule has 0 bridgehead atoms. The highest BCUT2D eigenvalue weighted by atomic mass is 79.9. The molecule has 3 aliphatic carbocycles. The lowest BCUT2D eigenvalue weighted by molar-refractivity contribution is -0.148. The predicted octanol–water partition coefficient (Wildman–Crippen LogP) is 17.3. The van der Waals surface area contributed by atoms with Gasteiger partial charge in [-0.15, -0.1) is 0 Å². The topological polar surface area (TPSA) is 335 Å². The smallest absolute Gasteiger partial charge is 0.327 e. The zero-order valence-corrected chi connectivity index (χ0v) is 79.4. The van der Waals surface area contributed by atoms with E-state index in [9.17, 15) is 72.3 Å². The number of aliphatic hydroxyl groups excluding tert-OH is 1. The number of carbonyl (C=O) groups is 6. The van der Waals surface area contributed by atoms with E-state index in [1.165, 1.54) is 51.7 Å². The molecular weight excluding hydrogens is 1940 g/mol. The summed E-state index contributed by atoms with van der Waals surface area (Å²) in [4.78, 5) is 74.9. The zero-order chi connectivity index (χ0) is 92.2. The van der Waals surface area contributed by atoms with Crippen LogP contribution in [0, 0.1) is 35.2 Å². The van der Waals surface area contributed by atoms with E-state index < -0.39 is 82.1 Å². The van der Waals surface area contributed by atoms with Crippen LogP contribution in [0.2, 0.25) is 40.2 Å². The molecule has 13 rings (SSSR count). The van der Waals surface area contributed by atoms with Gasteiger partial charge in [0.2, 0.25) is 30.1 Å². The van der Waals surface area contributed by atoms with E-state index in [0.29, 0.717) is 113 Å². The lowest BCUT2D eigenvalue weighted by Crippen LogP contribution is -2.41. The van der Waals surface area contributed by atoms with Gasteiger partial charge in [0, 0.05) is 58.4 Å². The van der Waals surface area contributed by atoms with E-state index in [1.54, 1.807) is 60.7 Å². The van der Waals surface area contributed by atoms with Gasteiger partial charge in [0.05, 0.1) is 95.7 Å². The molecule has 3 atom stereocenters. The number of esters is 3. The number of piperidine rings is 3. The van der Waals surface area contributed by atoms with E-state index >= 15 is 0 Å². The van der Waals surface area contributed by atoms with Crippen LogP contribution in [0.25, 0.3) is 0 Å². The molecule has 40 heteroatoms. The quantitative estimate of drug-likeness (QED) is 0.0173. The monoisotopic (exact) mass is 2030 g/mol. The van der Waals surface area contributed by atoms with E-state index in [0.717, 1.165) is 150 Å². The Morgan fingerprint density at radius 3 is 1.05 bits per heavy atom. The fourth-order valence-electron chi connectivity index (χ4n) is 14.4. The first-order valence-corrected chi connectivity index (χ1v) is 49.5. The molecule has 3 aliphatic heterocycles. The van der Waals surface area contributed by atoms with Crippen molar-refractivity contribution in [3.63, 3.8) is 0 Å². The van der Waals surface area contributed by atoms with Gasteiger partial charge in [0.15, 0.2) is 0 Å². The summed E-state index contributed by atoms with van der Waals surface area (Å²) in [6.45, 7) is 5.83. The van der Waals surface area contributed by atoms with Crippen LogP contribution in [0.3, 0.4) is 0 Å². The SMILES string of the molecule is COC(=O)C(Br)c1cc(Cl)cc(Cl)c1.COC(=O)C(c1cc(Cl)cc(Cl)c1)N1CCC(COc2cc(F)c(C(=O)NS(C)(=O)=O)cc2C2CC2)CC1.COC(=O)Cc1cc(Cl)cc(Cl)c1.CS(=O)(=O)NC(=O)c1cc(C2CC2)c(OCC2CCN(C(CO)c3cc(Cl)cc(Cl)c3)CC2)cc1F.CS(=O)(=O)NC(=O)c1cc(C2CC2)c(OCC2CCNCC2)cc1F. The maximum absolute atomic E-state index is 14.8. The third-order valence-electron chi connectivity index (χ3n) is 21.1. The number of hydrogen-bond acceptors (Lipinski definition) is 22. The van der Waals surface area contributed by atoms with Gasteiger partial charge in [-0.3, -0.25) is 33.8 Å². The highest BCUT2D eigenvalue weighted by molar-refractivity contribution is 9.09. The van der Waals surface area contributed by atoms with Gasteiger partial charge in [-0.1, -0.05) is 109 Å². The highest BCUT2D eigenvalue weighted by Gasteiger charge is 2.37. The molecule has 6 fully saturated rings. The first kappa shape index (κ1) is 103. The van der Waals surface area contributed by atoms with Crippen LogP contribution < -0.4 is 33.7 Å². The van der Waals surface area contributed by atoms with Gasteiger partial charge in [0.1, 0.15) is 45.6 Å². The van der Waals surface area contributed by atoms with Crippen LogP contribution in [0.1, 0.15) is 182 Å². The molecule has 0 spiro atoms. The summed E-state index contributed by atoms with van der Waals surface area (Å²) in [6, 6.07) is 27.2. The predicted molar refractivity (Wildman–Crippen MR) is 483 cm³/mol. The minimum atomic E-state index is -3.82. The molecule has 3 heterocycles. The molecule has 6 aliphatic rings. The van der Waals surface area contributed by atoms with Crippen molar-refractivity contribution in [3.8, 4) is 17.2 Å². The number of methoxy groups -OCH3 is 3. The van der Waals surface area contributed by atoms with Gasteiger partial charge in [-0.25, -0.2) is 57.4 Å². The van der Waals surface area contributed by atoms with Crippen molar-refractivity contribution >= 4 is 174 Å². The van der Waals surface area contributed by atoms with Crippen LogP contribution >= 0.6 is 109 Å². The molecule has 7 aromatic rings. The van der Waals surface area contributed by atoms with Gasteiger partial charge >= 0.3 is 17.9 Å². The molecule has 686 valence electrons. The number of nitrogens with zero attached hydrogens (tertiary/aromatic N) is 2. The molecular formula is C86H96BrCl8F3N6O19S3. The van der Waals surface area contributed by atoms with Crippen molar-refractivity contribution in [1.82, 2.24) is 29.3 Å². The van der Waals surface area contributed by atoms with E-state index in [2.05, 4.69) is 35.6 Å². The maximum atomic E-state index is 14.8. The fourth-order valence-corrected chi connectivity index (χ4v) is 18.3. The summed E-state index contributed by atoms with van der Waals surface area (Å²) in [5.74, 6) is -3.86. The molecule has 3 saturated carbocycles. The van der Waals surface area contributed by atoms with Gasteiger partial charge in [-0.2, -0.15) is 0 Å². The zero-order valence-electron chi connectivity index (χ0n) is 69.3. The third kappa shape index (κ3) is 32.5. The molecule has 7 aromatic carbocycles. The number of amides is 3. The Bertz CT molecular complexity index is 5360. The average Bonchev–Trinajstić information content (AvgIpc) is 1.62. The number of benzene rings is 7. The lowest BCUT2D eigenvalue weighted by Gasteiger charge is -2.37. The number of hydrogen-bond donors (Lipinski definition) is 5. The Hall–Kier alpha value is -6.96. The van der Waals surface area contributed by atoms with Crippen molar-refractivity contribution in [2.75, 3.05) is 106 Å². The van der Waals surface area contributed by atoms with Gasteiger partial charge < -0.3 is 38.8 Å². The van der Waals surface area contributed by atoms with E-state index in [1.807, 2.05) is 31.2 Å². The number of sulfonamides is 3. The maximum Gasteiger partial charge on any atom is 0.327 e. The minimum Gasteiger partial charge on any atom is -0.493 e. The molecule has 25 nitrogen and oxygen atoms in total. The standard InChI is InChI=1S/C26H29Cl2FN2O6S.C25H29Cl2FN2O5S.C17H23FN2O4S.C9H7BrCl2O2.C9H8Cl2O2/c1-36-26(33)24(17-9-18(27)11-19(28)10-17)31-7-5-15(6-8-31)14-37-23-13-22(29)21(12-20(23)16-3-4-16)25(32)30-38(2,34)35;1-36(33,34)29-25(32)21-11-20(16-2-3-16)24(12-22(21)28)35-14-15-4-6-30(7-5-15)23(13-31)17-8-18(26)10-19(27)9-17;1-25(22,23)20-17(21)14-8-13(12-2-3-12)16(9-15(14)18)24-10-11-4-6-19-7-5-11;1-14-9(13)8(10)5-2-6(11)4-7(12)3-5;1-13-9(12)4-6-2-7(10)5-8(11)3-6/h9-13,15-16,24H,3-8,14H2,1-2H3,(H,30,32);8-12,15-16,23,31H,2-7,13-14H2,1H3,(H,29,32);8-9,11-12,19H,2-7,10H2,1H3,(H,20,21);2-4,8H,1H3;2-3,5H,4H2,1H3. The number of halogens is 12. The molecule has 126 heavy (non-hydrogen) atoms. The van der Waals surface area contributed by atoms with Gasteiger partial charge in [-0.05, 0) is 282 Å². The number of nitrogens with one attached hydrogen (secondary N) is 4. The average molecular weight is 2030 g/mol. The summed E-state index contributed by atoms with van der Waals surface area (Å²) >= 11 is 50.8. The summed E-state index contributed by atoms with van der Waals surface area (Å²) in [6.07, 6.45) is 13.4. The van der Waals surface area contributed by atoms with Crippen LogP contribution in [0.4, 0.5) is 13.2 Å². The molecule has 3 saturated heterocycles. The molecule has 3 amide bonds. The second-order valence-electron chi connectivity index (χ2n) is 31.3. The Labute approximate surface area is 779 Å². The number of ether oxygens (including phenoxy) is 6. The van der Waals surface area contributed by atoms with Crippen LogP contribution in [0.5, 0.6) is 17.2 Å². The Morgan fingerprint density at radius 2 is 0.738 bits per heavy atom. The van der Waals surface area contributed by atoms with E-state index in [4.69, 9.17) is 112 Å². The second-order valence-corrected chi connectivity index (χ2v) is 40.9. The summed E-state index contributed by atoms with van der Waals surface area (Å²) in [5.41, 5.74) is 4.28. The number of rotatable bonds is 28. The number of likely N-dealkylation sites (tertiary alicyclic amines) is 2. The van der Waals surface area contributed by atoms with Crippen molar-refractivity contribution in [1.29, 1.82) is 0 Å². The first-order chi connectivity index (χ1) is 59.5. The van der Waals surface area contributed by atoms with Crippen LogP contribution in [-0.2, 0) is 65.1 Å². The van der Waals surface area contributed by atoms with Crippen molar-refractivity contribution < 1.29 is 101 Å². The van der Waals surface area contributed by atoms with Crippen molar-refractivity contribution in [3.05, 3.63) is 222 Å². The largest absolute Gasteiger partial charge is 0.493 e. The first-order valence-electron chi connectivity index (χ1n) is 39.9. The highest BCUT2D eigenvalue weighted by Crippen LogP contribution is 2.49. The summed E-state index contributed by atoms with van der Waals surface area (Å²) < 4.78 is 149. The number of alkyl halides is 1. The Kier molecular flexibility index (Phi) is 38.5. The number of carbonyl (C=O) groups excluding carboxylic acids is 6. The van der Waals surface area contributed by atoms with Gasteiger partial charge in [0.25, 0.3) is 17.7 Å². The van der Waals surface area contributed by atoms with Crippen molar-refractivity contribution in [2.24, 2.45) is 17.8 Å². The minimum absolute atomic E-state index is 0.0544. The molecule has 0 radical (unpaired) electrons. The third-order valence-corrected chi connectivity index (χ3v) is 25.4. The molecule has 5 N–H and O–H groups in total. The lowest BCUT2D eigenvalue weighted by atomic mass is 9.94. The Morgan fingerprint density at radius 1 is 0.429 bits per heavy atom. The number of aliphatic hydroxyl groups is 1. The molecule has 0 aromatic heterocycles. The van der Waals surface area contributed by atoms with E-state index in [-0.39, 0.29) is 77.3 Å².